The van der Waals surface area contributed by atoms with Crippen molar-refractivity contribution in [2.24, 2.45) is 0 Å². The molecule has 0 saturated heterocycles. The first-order valence-electron chi connectivity index (χ1n) is 3.67. The lowest BCUT2D eigenvalue weighted by Crippen LogP contribution is -1.88. The molecular weight excluding hydrogens is 227 g/mol. The van der Waals surface area contributed by atoms with Crippen molar-refractivity contribution in [3.05, 3.63) is 33.8 Å². The molecule has 0 amide bonds. The fourth-order valence-electron chi connectivity index (χ4n) is 0.844. The second-order valence-corrected chi connectivity index (χ2v) is 4.45. The maximum atomic E-state index is 10.7. The molecule has 0 radical (unpaired) electrons. The Kier molecular flexibility index (Phi) is 4.10. The molecule has 70 valence electrons. The Bertz CT molecular complexity index is 305. The number of benzene rings is 1. The van der Waals surface area contributed by atoms with Crippen LogP contribution in [0.25, 0.3) is 0 Å². The number of rotatable bonds is 2. The van der Waals surface area contributed by atoms with Gasteiger partial charge in [0.25, 0.3) is 0 Å². The molecule has 0 fully saturated rings. The number of carbonyl (C=O) groups excluding carboxylic acids is 1. The van der Waals surface area contributed by atoms with Crippen LogP contribution in [0.5, 0.6) is 0 Å². The maximum Gasteiger partial charge on any atom is 0.186 e. The third-order valence-corrected chi connectivity index (χ3v) is 3.03. The van der Waals surface area contributed by atoms with Crippen LogP contribution in [-0.2, 0) is 10.5 Å². The summed E-state index contributed by atoms with van der Waals surface area (Å²) in [6.07, 6.45) is 0. The number of halogens is 2. The molecule has 1 nitrogen and oxygen atoms in total. The van der Waals surface area contributed by atoms with E-state index in [1.54, 1.807) is 18.2 Å². The summed E-state index contributed by atoms with van der Waals surface area (Å²) in [5, 5.41) is 1.29. The first-order chi connectivity index (χ1) is 6.11. The lowest BCUT2D eigenvalue weighted by atomic mass is 10.2. The molecule has 0 N–H and O–H groups in total. The fraction of sp³-hybridized carbons (Fsp3) is 0.222. The molecule has 0 atom stereocenters. The summed E-state index contributed by atoms with van der Waals surface area (Å²) >= 11 is 13.0. The molecule has 0 heterocycles. The predicted molar refractivity (Wildman–Crippen MR) is 58.4 cm³/mol. The van der Waals surface area contributed by atoms with Gasteiger partial charge >= 0.3 is 0 Å². The van der Waals surface area contributed by atoms with Crippen molar-refractivity contribution >= 4 is 40.1 Å². The molecule has 0 saturated carbocycles. The normalized spacial score (nSPS) is 10.1. The third kappa shape index (κ3) is 3.22. The maximum absolute atomic E-state index is 10.7. The van der Waals surface area contributed by atoms with Gasteiger partial charge in [-0.3, -0.25) is 4.79 Å². The molecule has 0 aliphatic rings. The van der Waals surface area contributed by atoms with E-state index < -0.39 is 0 Å². The molecule has 0 unspecified atom stereocenters. The topological polar surface area (TPSA) is 17.1 Å². The van der Waals surface area contributed by atoms with E-state index in [9.17, 15) is 4.79 Å². The van der Waals surface area contributed by atoms with Gasteiger partial charge in [0.15, 0.2) is 5.12 Å². The Morgan fingerprint density at radius 1 is 1.38 bits per heavy atom. The van der Waals surface area contributed by atoms with Gasteiger partial charge in [-0.2, -0.15) is 0 Å². The standard InChI is InChI=1S/C9H8Cl2OS/c1-6(12)13-5-7-8(10)3-2-4-9(7)11/h2-4H,5H2,1H3. The predicted octanol–water partition coefficient (Wildman–Crippen LogP) is 3.77. The van der Waals surface area contributed by atoms with Gasteiger partial charge in [0.2, 0.25) is 0 Å². The zero-order valence-electron chi connectivity index (χ0n) is 7.01. The lowest BCUT2D eigenvalue weighted by Gasteiger charge is -2.04. The monoisotopic (exact) mass is 234 g/mol. The Morgan fingerprint density at radius 3 is 2.38 bits per heavy atom. The van der Waals surface area contributed by atoms with Gasteiger partial charge in [-0.05, 0) is 17.7 Å². The van der Waals surface area contributed by atoms with Crippen LogP contribution in [0, 0.1) is 0 Å². The molecule has 0 spiro atoms. The summed E-state index contributed by atoms with van der Waals surface area (Å²) in [5.41, 5.74) is 0.825. The van der Waals surface area contributed by atoms with Crippen LogP contribution >= 0.6 is 35.0 Å². The van der Waals surface area contributed by atoms with Crippen LogP contribution in [0.2, 0.25) is 10.0 Å². The number of hydrogen-bond donors (Lipinski definition) is 0. The van der Waals surface area contributed by atoms with Crippen molar-refractivity contribution in [3.63, 3.8) is 0 Å². The minimum Gasteiger partial charge on any atom is -0.288 e. The zero-order chi connectivity index (χ0) is 9.84. The Labute approximate surface area is 91.4 Å². The number of carbonyl (C=O) groups is 1. The minimum atomic E-state index is 0.0657. The van der Waals surface area contributed by atoms with Crippen molar-refractivity contribution in [2.75, 3.05) is 0 Å². The van der Waals surface area contributed by atoms with Gasteiger partial charge in [-0.15, -0.1) is 0 Å². The Morgan fingerprint density at radius 2 is 1.92 bits per heavy atom. The zero-order valence-corrected chi connectivity index (χ0v) is 9.34. The van der Waals surface area contributed by atoms with E-state index in [2.05, 4.69) is 0 Å². The van der Waals surface area contributed by atoms with Crippen molar-refractivity contribution in [2.45, 2.75) is 12.7 Å². The van der Waals surface area contributed by atoms with Gasteiger partial charge in [-0.1, -0.05) is 41.0 Å². The van der Waals surface area contributed by atoms with Crippen LogP contribution < -0.4 is 0 Å². The van der Waals surface area contributed by atoms with Gasteiger partial charge < -0.3 is 0 Å². The van der Waals surface area contributed by atoms with Gasteiger partial charge in [-0.25, -0.2) is 0 Å². The van der Waals surface area contributed by atoms with E-state index in [1.807, 2.05) is 0 Å². The van der Waals surface area contributed by atoms with Gasteiger partial charge in [0.05, 0.1) is 0 Å². The molecule has 0 bridgehead atoms. The summed E-state index contributed by atoms with van der Waals surface area (Å²) in [6, 6.07) is 5.32. The summed E-state index contributed by atoms with van der Waals surface area (Å²) in [4.78, 5) is 10.7. The second-order valence-electron chi connectivity index (χ2n) is 2.48. The Hall–Kier alpha value is -0.180. The van der Waals surface area contributed by atoms with Crippen molar-refractivity contribution in [3.8, 4) is 0 Å². The van der Waals surface area contributed by atoms with Crippen LogP contribution in [0.4, 0.5) is 0 Å². The first kappa shape index (κ1) is 10.9. The summed E-state index contributed by atoms with van der Waals surface area (Å²) < 4.78 is 0. The molecule has 13 heavy (non-hydrogen) atoms. The quantitative estimate of drug-likeness (QED) is 0.776. The van der Waals surface area contributed by atoms with E-state index in [0.717, 1.165) is 5.56 Å². The van der Waals surface area contributed by atoms with Crippen LogP contribution in [0.1, 0.15) is 12.5 Å². The van der Waals surface area contributed by atoms with E-state index in [1.165, 1.54) is 18.7 Å². The highest BCUT2D eigenvalue weighted by Gasteiger charge is 2.06. The summed E-state index contributed by atoms with van der Waals surface area (Å²) in [5.74, 6) is 0.536. The summed E-state index contributed by atoms with van der Waals surface area (Å²) in [6.45, 7) is 1.52. The van der Waals surface area contributed by atoms with Crippen LogP contribution in [0.3, 0.4) is 0 Å². The third-order valence-electron chi connectivity index (χ3n) is 1.48. The van der Waals surface area contributed by atoms with Gasteiger partial charge in [0.1, 0.15) is 0 Å². The molecule has 4 heteroatoms. The lowest BCUT2D eigenvalue weighted by molar-refractivity contribution is -0.109. The van der Waals surface area contributed by atoms with E-state index >= 15 is 0 Å². The minimum absolute atomic E-state index is 0.0657. The molecule has 0 aliphatic heterocycles. The Balaban J connectivity index is 2.81. The smallest absolute Gasteiger partial charge is 0.186 e. The molecule has 1 rings (SSSR count). The molecule has 1 aromatic rings. The van der Waals surface area contributed by atoms with E-state index in [0.29, 0.717) is 15.8 Å². The van der Waals surface area contributed by atoms with Crippen molar-refractivity contribution < 1.29 is 4.79 Å². The highest BCUT2D eigenvalue weighted by Crippen LogP contribution is 2.28. The SMILES string of the molecule is CC(=O)SCc1c(Cl)cccc1Cl. The number of hydrogen-bond acceptors (Lipinski definition) is 2. The summed E-state index contributed by atoms with van der Waals surface area (Å²) in [7, 11) is 0. The average molecular weight is 235 g/mol. The number of thioether (sulfide) groups is 1. The van der Waals surface area contributed by atoms with Crippen LogP contribution in [-0.4, -0.2) is 5.12 Å². The van der Waals surface area contributed by atoms with E-state index in [4.69, 9.17) is 23.2 Å². The first-order valence-corrected chi connectivity index (χ1v) is 5.41. The average Bonchev–Trinajstić information content (AvgIpc) is 2.03. The highest BCUT2D eigenvalue weighted by atomic mass is 35.5. The van der Waals surface area contributed by atoms with Crippen LogP contribution in [0.15, 0.2) is 18.2 Å². The van der Waals surface area contributed by atoms with E-state index in [-0.39, 0.29) is 5.12 Å². The molecule has 0 aromatic heterocycles. The van der Waals surface area contributed by atoms with Crippen molar-refractivity contribution in [1.29, 1.82) is 0 Å². The molecule has 1 aromatic carbocycles. The molecular formula is C9H8Cl2OS. The van der Waals surface area contributed by atoms with Gasteiger partial charge in [0, 0.05) is 22.7 Å². The highest BCUT2D eigenvalue weighted by molar-refractivity contribution is 8.12. The second kappa shape index (κ2) is 4.89. The van der Waals surface area contributed by atoms with Crippen molar-refractivity contribution in [1.82, 2.24) is 0 Å². The fourth-order valence-corrected chi connectivity index (χ4v) is 2.19. The molecule has 0 aliphatic carbocycles. The largest absolute Gasteiger partial charge is 0.288 e.